The van der Waals surface area contributed by atoms with Gasteiger partial charge in [0.1, 0.15) is 12.4 Å². The van der Waals surface area contributed by atoms with Crippen LogP contribution in [-0.4, -0.2) is 21.0 Å². The lowest BCUT2D eigenvalue weighted by Crippen LogP contribution is -2.27. The van der Waals surface area contributed by atoms with Gasteiger partial charge in [0.05, 0.1) is 21.9 Å². The summed E-state index contributed by atoms with van der Waals surface area (Å²) in [5.74, 6) is 0.0599. The van der Waals surface area contributed by atoms with Crippen molar-refractivity contribution in [1.29, 1.82) is 0 Å². The van der Waals surface area contributed by atoms with Gasteiger partial charge in [-0.2, -0.15) is 0 Å². The Hall–Kier alpha value is -3.43. The van der Waals surface area contributed by atoms with Crippen LogP contribution in [-0.2, 0) is 17.9 Å². The summed E-state index contributed by atoms with van der Waals surface area (Å²) in [7, 11) is 0. The lowest BCUT2D eigenvalue weighted by Gasteiger charge is -2.12. The Kier molecular flexibility index (Phi) is 6.90. The third-order valence-corrected chi connectivity index (χ3v) is 6.29. The molecule has 3 aromatic rings. The Morgan fingerprint density at radius 1 is 1.03 bits per heavy atom. The van der Waals surface area contributed by atoms with Crippen LogP contribution in [0.3, 0.4) is 0 Å². The van der Waals surface area contributed by atoms with Gasteiger partial charge in [-0.25, -0.2) is 0 Å². The first kappa shape index (κ1) is 22.8. The molecule has 0 N–H and O–H groups in total. The second-order valence-corrected chi connectivity index (χ2v) is 9.02. The van der Waals surface area contributed by atoms with Crippen molar-refractivity contribution < 1.29 is 19.2 Å². The largest absolute Gasteiger partial charge is 0.488 e. The molecule has 1 aliphatic heterocycles. The number of ether oxygens (including phenoxy) is 1. The molecule has 0 atom stereocenters. The van der Waals surface area contributed by atoms with E-state index in [0.29, 0.717) is 16.9 Å². The van der Waals surface area contributed by atoms with Crippen LogP contribution in [0.4, 0.5) is 10.5 Å². The standard InChI is InChI=1S/C24H17BrN2O5S/c25-19-10-11-21(32-15-17-8-4-5-9-20(17)27(30)31)18(12-19)13-22-23(28)26(24(29)33-22)14-16-6-2-1-3-7-16/h1-13H,14-15H2/b22-13-. The van der Waals surface area contributed by atoms with E-state index in [4.69, 9.17) is 4.74 Å². The molecular formula is C24H17BrN2O5S. The molecule has 0 saturated carbocycles. The topological polar surface area (TPSA) is 89.7 Å². The van der Waals surface area contributed by atoms with Crippen LogP contribution >= 0.6 is 27.7 Å². The highest BCUT2D eigenvalue weighted by Crippen LogP contribution is 2.36. The molecule has 1 aliphatic rings. The number of hydrogen-bond donors (Lipinski definition) is 0. The van der Waals surface area contributed by atoms with E-state index >= 15 is 0 Å². The summed E-state index contributed by atoms with van der Waals surface area (Å²) in [6.07, 6.45) is 1.61. The van der Waals surface area contributed by atoms with Crippen molar-refractivity contribution in [3.63, 3.8) is 0 Å². The van der Waals surface area contributed by atoms with Crippen LogP contribution in [0.15, 0.2) is 82.2 Å². The van der Waals surface area contributed by atoms with Gasteiger partial charge in [-0.05, 0) is 47.7 Å². The van der Waals surface area contributed by atoms with E-state index in [1.807, 2.05) is 30.3 Å². The highest BCUT2D eigenvalue weighted by Gasteiger charge is 2.35. The summed E-state index contributed by atoms with van der Waals surface area (Å²) in [5.41, 5.74) is 1.84. The van der Waals surface area contributed by atoms with E-state index in [1.54, 1.807) is 42.5 Å². The smallest absolute Gasteiger partial charge is 0.293 e. The molecule has 0 aliphatic carbocycles. The van der Waals surface area contributed by atoms with Crippen molar-refractivity contribution in [1.82, 2.24) is 4.90 Å². The molecule has 0 spiro atoms. The minimum absolute atomic E-state index is 0.0187. The minimum Gasteiger partial charge on any atom is -0.488 e. The fraction of sp³-hybridized carbons (Fsp3) is 0.0833. The number of carbonyl (C=O) groups is 2. The van der Waals surface area contributed by atoms with Crippen LogP contribution in [0.2, 0.25) is 0 Å². The number of nitro benzene ring substituents is 1. The van der Waals surface area contributed by atoms with Crippen LogP contribution in [0.5, 0.6) is 5.75 Å². The Morgan fingerprint density at radius 2 is 1.76 bits per heavy atom. The zero-order valence-corrected chi connectivity index (χ0v) is 19.5. The van der Waals surface area contributed by atoms with Crippen LogP contribution in [0, 0.1) is 10.1 Å². The molecular weight excluding hydrogens is 508 g/mol. The second kappa shape index (κ2) is 10.0. The third-order valence-electron chi connectivity index (χ3n) is 4.89. The van der Waals surface area contributed by atoms with Gasteiger partial charge in [-0.1, -0.05) is 58.4 Å². The van der Waals surface area contributed by atoms with E-state index < -0.39 is 4.92 Å². The molecule has 166 valence electrons. The number of imide groups is 1. The zero-order chi connectivity index (χ0) is 23.4. The third kappa shape index (κ3) is 5.32. The number of para-hydroxylation sites is 1. The Balaban J connectivity index is 1.57. The molecule has 33 heavy (non-hydrogen) atoms. The molecule has 1 heterocycles. The second-order valence-electron chi connectivity index (χ2n) is 7.11. The summed E-state index contributed by atoms with van der Waals surface area (Å²) in [4.78, 5) is 37.7. The summed E-state index contributed by atoms with van der Waals surface area (Å²) >= 11 is 4.28. The molecule has 1 fully saturated rings. The summed E-state index contributed by atoms with van der Waals surface area (Å²) in [5, 5.41) is 10.9. The Labute approximate surface area is 202 Å². The van der Waals surface area contributed by atoms with Crippen molar-refractivity contribution in [2.24, 2.45) is 0 Å². The molecule has 0 unspecified atom stereocenters. The highest BCUT2D eigenvalue weighted by molar-refractivity contribution is 9.10. The van der Waals surface area contributed by atoms with Crippen LogP contribution < -0.4 is 4.74 Å². The highest BCUT2D eigenvalue weighted by atomic mass is 79.9. The summed E-state index contributed by atoms with van der Waals surface area (Å²) in [6, 6.07) is 20.9. The monoisotopic (exact) mass is 524 g/mol. The van der Waals surface area contributed by atoms with E-state index in [0.717, 1.165) is 21.8 Å². The fourth-order valence-electron chi connectivity index (χ4n) is 3.27. The maximum Gasteiger partial charge on any atom is 0.293 e. The molecule has 4 rings (SSSR count). The molecule has 1 saturated heterocycles. The van der Waals surface area contributed by atoms with E-state index in [-0.39, 0.29) is 34.9 Å². The van der Waals surface area contributed by atoms with Gasteiger partial charge in [0.2, 0.25) is 0 Å². The van der Waals surface area contributed by atoms with Gasteiger partial charge in [0.25, 0.3) is 16.8 Å². The van der Waals surface area contributed by atoms with E-state index in [9.17, 15) is 19.7 Å². The number of carbonyl (C=O) groups excluding carboxylic acids is 2. The quantitative estimate of drug-likeness (QED) is 0.208. The summed E-state index contributed by atoms with van der Waals surface area (Å²) < 4.78 is 6.63. The number of halogens is 1. The van der Waals surface area contributed by atoms with Crippen molar-refractivity contribution in [3.05, 3.63) is 109 Å². The molecule has 9 heteroatoms. The van der Waals surface area contributed by atoms with Gasteiger partial charge >= 0.3 is 0 Å². The SMILES string of the molecule is O=C1S/C(=C\c2cc(Br)ccc2OCc2ccccc2[N+](=O)[O-])C(=O)N1Cc1ccccc1. The first-order valence-electron chi connectivity index (χ1n) is 9.86. The zero-order valence-electron chi connectivity index (χ0n) is 17.1. The van der Waals surface area contributed by atoms with Crippen molar-refractivity contribution in [3.8, 4) is 5.75 Å². The Morgan fingerprint density at radius 3 is 2.52 bits per heavy atom. The number of hydrogen-bond acceptors (Lipinski definition) is 6. The number of benzene rings is 3. The predicted octanol–water partition coefficient (Wildman–Crippen LogP) is 6.17. The molecule has 0 aromatic heterocycles. The van der Waals surface area contributed by atoms with Crippen molar-refractivity contribution in [2.75, 3.05) is 0 Å². The average molecular weight is 525 g/mol. The van der Waals surface area contributed by atoms with E-state index in [1.165, 1.54) is 11.0 Å². The first-order valence-corrected chi connectivity index (χ1v) is 11.5. The number of nitro groups is 1. The van der Waals surface area contributed by atoms with Crippen LogP contribution in [0.25, 0.3) is 6.08 Å². The number of nitrogens with zero attached hydrogens (tertiary/aromatic N) is 2. The van der Waals surface area contributed by atoms with Gasteiger partial charge in [0, 0.05) is 16.1 Å². The van der Waals surface area contributed by atoms with Crippen molar-refractivity contribution in [2.45, 2.75) is 13.2 Å². The Bertz CT molecular complexity index is 1260. The lowest BCUT2D eigenvalue weighted by molar-refractivity contribution is -0.385. The lowest BCUT2D eigenvalue weighted by atomic mass is 10.1. The average Bonchev–Trinajstić information content (AvgIpc) is 3.06. The van der Waals surface area contributed by atoms with Gasteiger partial charge in [0.15, 0.2) is 0 Å². The van der Waals surface area contributed by atoms with Crippen LogP contribution in [0.1, 0.15) is 16.7 Å². The number of amides is 2. The van der Waals surface area contributed by atoms with E-state index in [2.05, 4.69) is 15.9 Å². The summed E-state index contributed by atoms with van der Waals surface area (Å²) in [6.45, 7) is 0.178. The number of rotatable bonds is 7. The predicted molar refractivity (Wildman–Crippen MR) is 130 cm³/mol. The molecule has 2 amide bonds. The van der Waals surface area contributed by atoms with Gasteiger partial charge in [-0.3, -0.25) is 24.6 Å². The first-order chi connectivity index (χ1) is 15.9. The maximum atomic E-state index is 12.9. The van der Waals surface area contributed by atoms with Gasteiger partial charge < -0.3 is 4.74 Å². The maximum absolute atomic E-state index is 12.9. The van der Waals surface area contributed by atoms with Crippen molar-refractivity contribution >= 4 is 50.6 Å². The normalized spacial score (nSPS) is 14.7. The van der Waals surface area contributed by atoms with Gasteiger partial charge in [-0.15, -0.1) is 0 Å². The molecule has 0 radical (unpaired) electrons. The fourth-order valence-corrected chi connectivity index (χ4v) is 4.48. The minimum atomic E-state index is -0.454. The number of thioether (sulfide) groups is 1. The molecule has 3 aromatic carbocycles. The molecule has 7 nitrogen and oxygen atoms in total. The molecule has 0 bridgehead atoms.